The molecule has 0 aliphatic carbocycles. The number of nitrogens with zero attached hydrogens (tertiary/aromatic N) is 1. The first-order chi connectivity index (χ1) is 10.2. The van der Waals surface area contributed by atoms with E-state index in [2.05, 4.69) is 11.8 Å². The van der Waals surface area contributed by atoms with Crippen LogP contribution in [0.5, 0.6) is 0 Å². The topological polar surface area (TPSA) is 59.0 Å². The van der Waals surface area contributed by atoms with Gasteiger partial charge in [-0.1, -0.05) is 11.8 Å². The Hall–Kier alpha value is -1.39. The smallest absolute Gasteiger partial charge is 0.254 e. The third-order valence-corrected chi connectivity index (χ3v) is 3.88. The van der Waals surface area contributed by atoms with Gasteiger partial charge in [0.25, 0.3) is 5.91 Å². The van der Waals surface area contributed by atoms with Gasteiger partial charge in [0.05, 0.1) is 31.3 Å². The van der Waals surface area contributed by atoms with E-state index in [0.29, 0.717) is 32.8 Å². The van der Waals surface area contributed by atoms with Crippen molar-refractivity contribution in [1.82, 2.24) is 4.90 Å². The number of amides is 1. The SMILES string of the molecule is CN(Cc1csc(C#CCCO)c1)C(=O)C1COCCO1. The van der Waals surface area contributed by atoms with Gasteiger partial charge >= 0.3 is 0 Å². The molecule has 5 nitrogen and oxygen atoms in total. The first-order valence-corrected chi connectivity index (χ1v) is 7.70. The highest BCUT2D eigenvalue weighted by Crippen LogP contribution is 2.16. The number of hydrogen-bond donors (Lipinski definition) is 1. The average molecular weight is 309 g/mol. The predicted octanol–water partition coefficient (Wildman–Crippen LogP) is 0.856. The molecule has 0 radical (unpaired) electrons. The molecule has 1 aromatic rings. The normalized spacial score (nSPS) is 17.9. The third kappa shape index (κ3) is 4.83. The fourth-order valence-corrected chi connectivity index (χ4v) is 2.73. The Morgan fingerprint density at radius 3 is 3.14 bits per heavy atom. The van der Waals surface area contributed by atoms with Gasteiger partial charge in [0.1, 0.15) is 0 Å². The van der Waals surface area contributed by atoms with Gasteiger partial charge in [0.2, 0.25) is 0 Å². The van der Waals surface area contributed by atoms with E-state index >= 15 is 0 Å². The fourth-order valence-electron chi connectivity index (χ4n) is 1.96. The van der Waals surface area contributed by atoms with Crippen molar-refractivity contribution >= 4 is 17.2 Å². The molecule has 1 aliphatic heterocycles. The van der Waals surface area contributed by atoms with Gasteiger partial charge in [0, 0.05) is 20.0 Å². The molecular weight excluding hydrogens is 290 g/mol. The summed E-state index contributed by atoms with van der Waals surface area (Å²) in [6, 6.07) is 1.97. The standard InChI is InChI=1S/C15H19NO4S/c1-16(15(18)14-10-19-6-7-20-14)9-12-8-13(21-11-12)4-2-3-5-17/h8,11,14,17H,3,5-7,9-10H2,1H3. The quantitative estimate of drug-likeness (QED) is 0.838. The zero-order valence-electron chi connectivity index (χ0n) is 12.0. The second-order valence-electron chi connectivity index (χ2n) is 4.72. The van der Waals surface area contributed by atoms with E-state index in [0.717, 1.165) is 10.4 Å². The Bertz CT molecular complexity index is 525. The largest absolute Gasteiger partial charge is 0.395 e. The van der Waals surface area contributed by atoms with Crippen molar-refractivity contribution in [2.45, 2.75) is 19.1 Å². The Kier molecular flexibility index (Phi) is 6.21. The highest BCUT2D eigenvalue weighted by molar-refractivity contribution is 7.10. The van der Waals surface area contributed by atoms with Crippen molar-refractivity contribution in [3.05, 3.63) is 21.9 Å². The molecule has 1 aromatic heterocycles. The summed E-state index contributed by atoms with van der Waals surface area (Å²) in [5.41, 5.74) is 1.04. The van der Waals surface area contributed by atoms with Crippen molar-refractivity contribution < 1.29 is 19.4 Å². The molecule has 1 fully saturated rings. The van der Waals surface area contributed by atoms with Crippen molar-refractivity contribution in [3.8, 4) is 11.8 Å². The minimum Gasteiger partial charge on any atom is -0.395 e. The summed E-state index contributed by atoms with van der Waals surface area (Å²) >= 11 is 1.54. The second-order valence-corrected chi connectivity index (χ2v) is 5.63. The number of hydrogen-bond acceptors (Lipinski definition) is 5. The van der Waals surface area contributed by atoms with Crippen LogP contribution < -0.4 is 0 Å². The maximum absolute atomic E-state index is 12.2. The summed E-state index contributed by atoms with van der Waals surface area (Å²) < 4.78 is 10.7. The number of carbonyl (C=O) groups is 1. The molecule has 0 saturated carbocycles. The molecule has 114 valence electrons. The number of aliphatic hydroxyl groups is 1. The second kappa shape index (κ2) is 8.15. The molecule has 2 heterocycles. The van der Waals surface area contributed by atoms with Crippen LogP contribution in [0.15, 0.2) is 11.4 Å². The van der Waals surface area contributed by atoms with Crippen molar-refractivity contribution in [2.24, 2.45) is 0 Å². The summed E-state index contributed by atoms with van der Waals surface area (Å²) in [5.74, 6) is 5.82. The highest BCUT2D eigenvalue weighted by Gasteiger charge is 2.25. The number of thiophene rings is 1. The summed E-state index contributed by atoms with van der Waals surface area (Å²) in [6.45, 7) is 1.94. The fraction of sp³-hybridized carbons (Fsp3) is 0.533. The lowest BCUT2D eigenvalue weighted by molar-refractivity contribution is -0.157. The van der Waals surface area contributed by atoms with Gasteiger partial charge in [-0.05, 0) is 17.0 Å². The minimum absolute atomic E-state index is 0.0613. The van der Waals surface area contributed by atoms with Gasteiger partial charge < -0.3 is 19.5 Å². The van der Waals surface area contributed by atoms with Crippen molar-refractivity contribution in [2.75, 3.05) is 33.5 Å². The molecule has 0 aromatic carbocycles. The third-order valence-electron chi connectivity index (χ3n) is 2.99. The predicted molar refractivity (Wildman–Crippen MR) is 79.9 cm³/mol. The van der Waals surface area contributed by atoms with Crippen LogP contribution in [0.25, 0.3) is 0 Å². The molecule has 1 atom stereocenters. The van der Waals surface area contributed by atoms with E-state index in [1.165, 1.54) is 0 Å². The van der Waals surface area contributed by atoms with E-state index in [9.17, 15) is 4.79 Å². The minimum atomic E-state index is -0.494. The zero-order valence-corrected chi connectivity index (χ0v) is 12.8. The first kappa shape index (κ1) is 16.0. The van der Waals surface area contributed by atoms with Crippen LogP contribution in [0.4, 0.5) is 0 Å². The lowest BCUT2D eigenvalue weighted by Gasteiger charge is -2.26. The molecule has 1 amide bonds. The van der Waals surface area contributed by atoms with E-state index in [1.807, 2.05) is 11.4 Å². The number of ether oxygens (including phenoxy) is 2. The Morgan fingerprint density at radius 1 is 1.57 bits per heavy atom. The zero-order chi connectivity index (χ0) is 15.1. The monoisotopic (exact) mass is 309 g/mol. The highest BCUT2D eigenvalue weighted by atomic mass is 32.1. The molecule has 1 unspecified atom stereocenters. The van der Waals surface area contributed by atoms with Gasteiger partial charge in [-0.3, -0.25) is 4.79 Å². The number of rotatable bonds is 4. The van der Waals surface area contributed by atoms with E-state index < -0.39 is 6.10 Å². The Labute approximate surface area is 128 Å². The van der Waals surface area contributed by atoms with E-state index in [-0.39, 0.29) is 12.5 Å². The molecule has 21 heavy (non-hydrogen) atoms. The maximum Gasteiger partial charge on any atom is 0.254 e. The number of likely N-dealkylation sites (N-methyl/N-ethyl adjacent to an activating group) is 1. The van der Waals surface area contributed by atoms with Crippen LogP contribution in [0.2, 0.25) is 0 Å². The molecule has 6 heteroatoms. The molecule has 2 rings (SSSR count). The van der Waals surface area contributed by atoms with Crippen LogP contribution in [0.1, 0.15) is 16.9 Å². The Morgan fingerprint density at radius 2 is 2.43 bits per heavy atom. The average Bonchev–Trinajstić information content (AvgIpc) is 2.95. The summed E-state index contributed by atoms with van der Waals surface area (Å²) in [5, 5.41) is 10.7. The van der Waals surface area contributed by atoms with Crippen LogP contribution in [-0.2, 0) is 20.8 Å². The van der Waals surface area contributed by atoms with Crippen molar-refractivity contribution in [3.63, 3.8) is 0 Å². The summed E-state index contributed by atoms with van der Waals surface area (Å²) in [7, 11) is 1.76. The van der Waals surface area contributed by atoms with Gasteiger partial charge in [-0.15, -0.1) is 11.3 Å². The molecule has 0 spiro atoms. The van der Waals surface area contributed by atoms with Crippen LogP contribution >= 0.6 is 11.3 Å². The number of carbonyl (C=O) groups excluding carboxylic acids is 1. The Balaban J connectivity index is 1.88. The van der Waals surface area contributed by atoms with Crippen LogP contribution in [0, 0.1) is 11.8 Å². The molecule has 1 aliphatic rings. The van der Waals surface area contributed by atoms with Crippen molar-refractivity contribution in [1.29, 1.82) is 0 Å². The van der Waals surface area contributed by atoms with E-state index in [4.69, 9.17) is 14.6 Å². The lowest BCUT2D eigenvalue weighted by Crippen LogP contribution is -2.43. The van der Waals surface area contributed by atoms with Crippen LogP contribution in [-0.4, -0.2) is 55.5 Å². The summed E-state index contributed by atoms with van der Waals surface area (Å²) in [6.07, 6.45) is -0.0174. The molecule has 1 saturated heterocycles. The van der Waals surface area contributed by atoms with Crippen LogP contribution in [0.3, 0.4) is 0 Å². The van der Waals surface area contributed by atoms with Gasteiger partial charge in [-0.2, -0.15) is 0 Å². The molecule has 0 bridgehead atoms. The van der Waals surface area contributed by atoms with E-state index in [1.54, 1.807) is 23.3 Å². The first-order valence-electron chi connectivity index (χ1n) is 6.82. The number of aliphatic hydroxyl groups excluding tert-OH is 1. The summed E-state index contributed by atoms with van der Waals surface area (Å²) in [4.78, 5) is 14.8. The molecule has 1 N–H and O–H groups in total. The maximum atomic E-state index is 12.2. The lowest BCUT2D eigenvalue weighted by atomic mass is 10.2. The molecular formula is C15H19NO4S. The van der Waals surface area contributed by atoms with Gasteiger partial charge in [0.15, 0.2) is 6.10 Å². The van der Waals surface area contributed by atoms with Gasteiger partial charge in [-0.25, -0.2) is 0 Å².